The molecule has 0 radical (unpaired) electrons. The van der Waals surface area contributed by atoms with E-state index in [1.807, 2.05) is 0 Å². The van der Waals surface area contributed by atoms with Crippen LogP contribution in [0.15, 0.2) is 84.9 Å². The van der Waals surface area contributed by atoms with Crippen molar-refractivity contribution in [2.75, 3.05) is 5.32 Å². The minimum Gasteiger partial charge on any atom is -0.340 e. The van der Waals surface area contributed by atoms with Crippen LogP contribution in [0, 0.1) is 0 Å². The number of benzene rings is 3. The summed E-state index contributed by atoms with van der Waals surface area (Å²) in [5.41, 5.74) is 6.03. The molecule has 8 heteroatoms. The first-order chi connectivity index (χ1) is 16.0. The van der Waals surface area contributed by atoms with E-state index in [2.05, 4.69) is 21.5 Å². The first-order valence-electron chi connectivity index (χ1n) is 10.4. The van der Waals surface area contributed by atoms with Crippen LogP contribution in [0.25, 0.3) is 0 Å². The van der Waals surface area contributed by atoms with Gasteiger partial charge in [0, 0.05) is 11.1 Å². The smallest absolute Gasteiger partial charge is 0.269 e. The molecule has 0 aliphatic rings. The summed E-state index contributed by atoms with van der Waals surface area (Å²) < 4.78 is 0. The van der Waals surface area contributed by atoms with Gasteiger partial charge in [-0.3, -0.25) is 30.0 Å². The summed E-state index contributed by atoms with van der Waals surface area (Å²) >= 11 is 0. The molecule has 0 aliphatic carbocycles. The Hall–Kier alpha value is -4.46. The number of para-hydroxylation sites is 1. The number of carbonyl (C=O) groups is 4. The van der Waals surface area contributed by atoms with Crippen LogP contribution in [0.3, 0.4) is 0 Å². The molecule has 8 nitrogen and oxygen atoms in total. The van der Waals surface area contributed by atoms with Crippen molar-refractivity contribution in [3.05, 3.63) is 102 Å². The van der Waals surface area contributed by atoms with Gasteiger partial charge in [-0.15, -0.1) is 0 Å². The van der Waals surface area contributed by atoms with Crippen LogP contribution in [0.5, 0.6) is 0 Å². The number of rotatable bonds is 7. The van der Waals surface area contributed by atoms with Crippen LogP contribution in [0.2, 0.25) is 0 Å². The number of anilines is 1. The number of hydrogen-bond donors (Lipinski definition) is 4. The molecule has 4 N–H and O–H groups in total. The maximum Gasteiger partial charge on any atom is 0.269 e. The Bertz CT molecular complexity index is 1130. The van der Waals surface area contributed by atoms with Gasteiger partial charge >= 0.3 is 0 Å². The van der Waals surface area contributed by atoms with E-state index in [4.69, 9.17) is 0 Å². The molecule has 0 saturated carbocycles. The summed E-state index contributed by atoms with van der Waals surface area (Å²) in [5, 5.41) is 5.38. The normalized spacial score (nSPS) is 11.1. The summed E-state index contributed by atoms with van der Waals surface area (Å²) in [6.45, 7) is 1.73. The minimum atomic E-state index is -0.897. The van der Waals surface area contributed by atoms with Gasteiger partial charge < -0.3 is 10.6 Å². The second-order valence-corrected chi connectivity index (χ2v) is 7.11. The lowest BCUT2D eigenvalue weighted by Crippen LogP contribution is -2.52. The second kappa shape index (κ2) is 11.2. The highest BCUT2D eigenvalue weighted by Crippen LogP contribution is 2.17. The van der Waals surface area contributed by atoms with E-state index in [-0.39, 0.29) is 17.9 Å². The van der Waals surface area contributed by atoms with Gasteiger partial charge in [0.25, 0.3) is 23.6 Å². The van der Waals surface area contributed by atoms with Gasteiger partial charge in [-0.2, -0.15) is 0 Å². The molecule has 4 amide bonds. The molecule has 0 fully saturated rings. The molecule has 0 heterocycles. The lowest BCUT2D eigenvalue weighted by atomic mass is 10.1. The topological polar surface area (TPSA) is 116 Å². The largest absolute Gasteiger partial charge is 0.340 e. The first kappa shape index (κ1) is 23.2. The lowest BCUT2D eigenvalue weighted by Gasteiger charge is -2.18. The minimum absolute atomic E-state index is 0.210. The van der Waals surface area contributed by atoms with E-state index < -0.39 is 23.8 Å². The van der Waals surface area contributed by atoms with Crippen molar-refractivity contribution >= 4 is 29.3 Å². The fraction of sp³-hybridized carbons (Fsp3) is 0.120. The molecule has 3 rings (SSSR count). The number of hydrogen-bond acceptors (Lipinski definition) is 4. The standard InChI is InChI=1S/C25H24N4O4/c1-2-20(25(33)29-28-23(31)18-13-7-4-8-14-18)26-24(32)19-15-9-10-16-21(19)27-22(30)17-11-5-3-6-12-17/h3-16,20H,2H2,1H3,(H,26,32)(H,27,30)(H,28,31)(H,29,33)/t20-/m0/s1. The first-order valence-corrected chi connectivity index (χ1v) is 10.4. The molecule has 3 aromatic rings. The molecule has 0 spiro atoms. The number of nitrogens with one attached hydrogen (secondary N) is 4. The summed E-state index contributed by atoms with van der Waals surface area (Å²) in [4.78, 5) is 50.0. The molecule has 0 unspecified atom stereocenters. The molecule has 0 saturated heterocycles. The highest BCUT2D eigenvalue weighted by Gasteiger charge is 2.22. The predicted octanol–water partition coefficient (Wildman–Crippen LogP) is 2.91. The summed E-state index contributed by atoms with van der Waals surface area (Å²) in [6, 6.07) is 22.7. The van der Waals surface area contributed by atoms with Gasteiger partial charge in [-0.1, -0.05) is 55.5 Å². The van der Waals surface area contributed by atoms with Gasteiger partial charge in [0.2, 0.25) is 0 Å². The van der Waals surface area contributed by atoms with Crippen LogP contribution in [-0.2, 0) is 4.79 Å². The zero-order chi connectivity index (χ0) is 23.6. The summed E-state index contributed by atoms with van der Waals surface area (Å²) in [6.07, 6.45) is 0.289. The quantitative estimate of drug-likeness (QED) is 0.419. The molecule has 0 aromatic heterocycles. The van der Waals surface area contributed by atoms with Crippen LogP contribution in [-0.4, -0.2) is 29.7 Å². The van der Waals surface area contributed by atoms with E-state index >= 15 is 0 Å². The van der Waals surface area contributed by atoms with Crippen molar-refractivity contribution in [3.63, 3.8) is 0 Å². The Morgan fingerprint density at radius 2 is 1.21 bits per heavy atom. The monoisotopic (exact) mass is 444 g/mol. The van der Waals surface area contributed by atoms with E-state index in [0.29, 0.717) is 16.8 Å². The van der Waals surface area contributed by atoms with Gasteiger partial charge in [0.05, 0.1) is 11.3 Å². The Kier molecular flexibility index (Phi) is 7.91. The van der Waals surface area contributed by atoms with Crippen LogP contribution >= 0.6 is 0 Å². The van der Waals surface area contributed by atoms with Crippen molar-refractivity contribution in [3.8, 4) is 0 Å². The molecular formula is C25H24N4O4. The zero-order valence-electron chi connectivity index (χ0n) is 18.0. The number of amides is 4. The van der Waals surface area contributed by atoms with E-state index in [9.17, 15) is 19.2 Å². The Labute approximate surface area is 191 Å². The molecule has 1 atom stereocenters. The average Bonchev–Trinajstić information content (AvgIpc) is 2.86. The van der Waals surface area contributed by atoms with Crippen LogP contribution in [0.1, 0.15) is 44.4 Å². The molecule has 0 aliphatic heterocycles. The molecule has 3 aromatic carbocycles. The average molecular weight is 444 g/mol. The lowest BCUT2D eigenvalue weighted by molar-refractivity contribution is -0.123. The van der Waals surface area contributed by atoms with Crippen LogP contribution < -0.4 is 21.5 Å². The van der Waals surface area contributed by atoms with Gasteiger partial charge in [0.1, 0.15) is 6.04 Å². The second-order valence-electron chi connectivity index (χ2n) is 7.11. The maximum atomic E-state index is 12.9. The van der Waals surface area contributed by atoms with Gasteiger partial charge in [-0.05, 0) is 42.8 Å². The Morgan fingerprint density at radius 3 is 1.82 bits per heavy atom. The van der Waals surface area contributed by atoms with Crippen LogP contribution in [0.4, 0.5) is 5.69 Å². The predicted molar refractivity (Wildman–Crippen MR) is 124 cm³/mol. The zero-order valence-corrected chi connectivity index (χ0v) is 18.0. The fourth-order valence-electron chi connectivity index (χ4n) is 3.03. The van der Waals surface area contributed by atoms with E-state index in [1.165, 1.54) is 0 Å². The number of hydrazine groups is 1. The third kappa shape index (κ3) is 6.27. The molecular weight excluding hydrogens is 420 g/mol. The SMILES string of the molecule is CC[C@H](NC(=O)c1ccccc1NC(=O)c1ccccc1)C(=O)NNC(=O)c1ccccc1. The Balaban J connectivity index is 1.63. The highest BCUT2D eigenvalue weighted by atomic mass is 16.2. The Morgan fingerprint density at radius 1 is 0.667 bits per heavy atom. The van der Waals surface area contributed by atoms with Crippen molar-refractivity contribution in [1.29, 1.82) is 0 Å². The third-order valence-electron chi connectivity index (χ3n) is 4.82. The highest BCUT2D eigenvalue weighted by molar-refractivity contribution is 6.09. The molecule has 33 heavy (non-hydrogen) atoms. The summed E-state index contributed by atoms with van der Waals surface area (Å²) in [7, 11) is 0. The van der Waals surface area contributed by atoms with Crippen molar-refractivity contribution in [1.82, 2.24) is 16.2 Å². The summed E-state index contributed by atoms with van der Waals surface area (Å²) in [5.74, 6) is -1.93. The van der Waals surface area contributed by atoms with Gasteiger partial charge in [-0.25, -0.2) is 0 Å². The van der Waals surface area contributed by atoms with Crippen molar-refractivity contribution in [2.45, 2.75) is 19.4 Å². The maximum absolute atomic E-state index is 12.9. The molecule has 0 bridgehead atoms. The third-order valence-corrected chi connectivity index (χ3v) is 4.82. The van der Waals surface area contributed by atoms with E-state index in [1.54, 1.807) is 91.9 Å². The number of carbonyl (C=O) groups excluding carboxylic acids is 4. The molecule has 168 valence electrons. The van der Waals surface area contributed by atoms with Crippen molar-refractivity contribution in [2.24, 2.45) is 0 Å². The van der Waals surface area contributed by atoms with Crippen molar-refractivity contribution < 1.29 is 19.2 Å². The van der Waals surface area contributed by atoms with Gasteiger partial charge in [0.15, 0.2) is 0 Å². The fourth-order valence-corrected chi connectivity index (χ4v) is 3.03. The van der Waals surface area contributed by atoms with E-state index in [0.717, 1.165) is 0 Å².